The van der Waals surface area contributed by atoms with Crippen LogP contribution in [0.2, 0.25) is 0 Å². The Morgan fingerprint density at radius 1 is 1.55 bits per heavy atom. The van der Waals surface area contributed by atoms with E-state index in [-0.39, 0.29) is 17.9 Å². The average molecular weight is 308 g/mol. The number of rotatable bonds is 8. The molecule has 2 heterocycles. The van der Waals surface area contributed by atoms with E-state index in [9.17, 15) is 9.59 Å². The summed E-state index contributed by atoms with van der Waals surface area (Å²) in [6, 6.07) is 1.66. The van der Waals surface area contributed by atoms with Crippen LogP contribution >= 0.6 is 0 Å². The van der Waals surface area contributed by atoms with E-state index in [2.05, 4.69) is 10.4 Å². The number of aromatic nitrogens is 2. The zero-order valence-electron chi connectivity index (χ0n) is 13.2. The summed E-state index contributed by atoms with van der Waals surface area (Å²) in [7, 11) is 3.44. The summed E-state index contributed by atoms with van der Waals surface area (Å²) in [4.78, 5) is 25.4. The molecule has 1 saturated heterocycles. The van der Waals surface area contributed by atoms with Crippen molar-refractivity contribution < 1.29 is 14.3 Å². The van der Waals surface area contributed by atoms with Crippen molar-refractivity contribution in [3.05, 3.63) is 18.0 Å². The van der Waals surface area contributed by atoms with Gasteiger partial charge in [-0.2, -0.15) is 5.10 Å². The van der Waals surface area contributed by atoms with Crippen LogP contribution in [-0.4, -0.2) is 53.3 Å². The van der Waals surface area contributed by atoms with Gasteiger partial charge in [-0.15, -0.1) is 0 Å². The number of carbonyl (C=O) groups is 2. The fourth-order valence-corrected chi connectivity index (χ4v) is 2.73. The number of carbonyl (C=O) groups excluding carboxylic acids is 2. The van der Waals surface area contributed by atoms with Crippen LogP contribution in [-0.2, 0) is 21.4 Å². The Morgan fingerprint density at radius 2 is 2.36 bits per heavy atom. The minimum atomic E-state index is -0.210. The van der Waals surface area contributed by atoms with Gasteiger partial charge in [-0.05, 0) is 18.9 Å². The van der Waals surface area contributed by atoms with Crippen molar-refractivity contribution in [3.63, 3.8) is 0 Å². The van der Waals surface area contributed by atoms with Crippen LogP contribution in [0.15, 0.2) is 12.3 Å². The molecule has 1 fully saturated rings. The van der Waals surface area contributed by atoms with Crippen molar-refractivity contribution >= 4 is 11.8 Å². The van der Waals surface area contributed by atoms with Crippen LogP contribution < -0.4 is 5.32 Å². The molecule has 1 unspecified atom stereocenters. The second kappa shape index (κ2) is 7.93. The van der Waals surface area contributed by atoms with Crippen LogP contribution in [0.5, 0.6) is 0 Å². The Morgan fingerprint density at radius 3 is 2.95 bits per heavy atom. The van der Waals surface area contributed by atoms with E-state index in [0.717, 1.165) is 18.7 Å². The fourth-order valence-electron chi connectivity index (χ4n) is 2.73. The number of ether oxygens (including phenoxy) is 1. The molecule has 1 aromatic rings. The van der Waals surface area contributed by atoms with Crippen LogP contribution in [0.25, 0.3) is 0 Å². The van der Waals surface area contributed by atoms with Gasteiger partial charge in [0, 0.05) is 46.3 Å². The second-order valence-electron chi connectivity index (χ2n) is 5.54. The molecule has 1 aliphatic heterocycles. The highest BCUT2D eigenvalue weighted by atomic mass is 16.5. The lowest BCUT2D eigenvalue weighted by Crippen LogP contribution is -2.33. The third-order valence-corrected chi connectivity index (χ3v) is 3.89. The monoisotopic (exact) mass is 308 g/mol. The standard InChI is InChI=1S/C15H24N4O3/c1-18-13(7-8-16-18)12(11-22-2)17-14(20)5-3-9-19-10-4-6-15(19)21/h7-8,12H,3-6,9-11H2,1-2H3,(H,17,20). The zero-order valence-corrected chi connectivity index (χ0v) is 13.2. The lowest BCUT2D eigenvalue weighted by molar-refractivity contribution is -0.128. The summed E-state index contributed by atoms with van der Waals surface area (Å²) < 4.78 is 6.90. The van der Waals surface area contributed by atoms with Crippen LogP contribution in [0.1, 0.15) is 37.4 Å². The quantitative estimate of drug-likeness (QED) is 0.764. The predicted octanol–water partition coefficient (Wildman–Crippen LogP) is 0.626. The summed E-state index contributed by atoms with van der Waals surface area (Å²) in [5.74, 6) is 0.169. The van der Waals surface area contributed by atoms with Gasteiger partial charge in [-0.25, -0.2) is 0 Å². The zero-order chi connectivity index (χ0) is 15.9. The number of nitrogens with one attached hydrogen (secondary N) is 1. The molecule has 1 aromatic heterocycles. The summed E-state index contributed by atoms with van der Waals surface area (Å²) in [5, 5.41) is 7.09. The fraction of sp³-hybridized carbons (Fsp3) is 0.667. The van der Waals surface area contributed by atoms with Crippen molar-refractivity contribution in [2.24, 2.45) is 7.05 Å². The lowest BCUT2D eigenvalue weighted by Gasteiger charge is -2.19. The number of aryl methyl sites for hydroxylation is 1. The van der Waals surface area contributed by atoms with Gasteiger partial charge in [0.1, 0.15) is 0 Å². The third-order valence-electron chi connectivity index (χ3n) is 3.89. The summed E-state index contributed by atoms with van der Waals surface area (Å²) in [5.41, 5.74) is 0.907. The molecule has 0 spiro atoms. The Kier molecular flexibility index (Phi) is 5.94. The molecule has 2 rings (SSSR count). The number of methoxy groups -OCH3 is 1. The number of hydrogen-bond acceptors (Lipinski definition) is 4. The minimum Gasteiger partial charge on any atom is -0.382 e. The SMILES string of the molecule is COCC(NC(=O)CCCN1CCCC1=O)c1ccnn1C. The predicted molar refractivity (Wildman–Crippen MR) is 81.0 cm³/mol. The van der Waals surface area contributed by atoms with Gasteiger partial charge in [0.05, 0.1) is 18.3 Å². The first-order chi connectivity index (χ1) is 10.6. The normalized spacial score (nSPS) is 16.1. The summed E-state index contributed by atoms with van der Waals surface area (Å²) in [6.07, 6.45) is 4.36. The van der Waals surface area contributed by atoms with E-state index in [1.54, 1.807) is 18.0 Å². The highest BCUT2D eigenvalue weighted by Crippen LogP contribution is 2.13. The number of hydrogen-bond donors (Lipinski definition) is 1. The molecular formula is C15H24N4O3. The number of nitrogens with zero attached hydrogens (tertiary/aromatic N) is 3. The Labute approximate surface area is 130 Å². The molecule has 7 nitrogen and oxygen atoms in total. The van der Waals surface area contributed by atoms with Crippen molar-refractivity contribution in [1.29, 1.82) is 0 Å². The largest absolute Gasteiger partial charge is 0.382 e. The molecule has 1 N–H and O–H groups in total. The first-order valence-electron chi connectivity index (χ1n) is 7.65. The van der Waals surface area contributed by atoms with Crippen molar-refractivity contribution in [2.45, 2.75) is 31.7 Å². The third kappa shape index (κ3) is 4.30. The van der Waals surface area contributed by atoms with E-state index in [1.165, 1.54) is 0 Å². The molecule has 0 saturated carbocycles. The molecule has 7 heteroatoms. The molecule has 22 heavy (non-hydrogen) atoms. The van der Waals surface area contributed by atoms with Crippen LogP contribution in [0.4, 0.5) is 0 Å². The van der Waals surface area contributed by atoms with Crippen molar-refractivity contribution in [2.75, 3.05) is 26.8 Å². The maximum atomic E-state index is 12.1. The van der Waals surface area contributed by atoms with Gasteiger partial charge < -0.3 is 15.0 Å². The summed E-state index contributed by atoms with van der Waals surface area (Å²) >= 11 is 0. The molecule has 1 atom stereocenters. The number of likely N-dealkylation sites (tertiary alicyclic amines) is 1. The first kappa shape index (κ1) is 16.5. The van der Waals surface area contributed by atoms with Crippen LogP contribution in [0.3, 0.4) is 0 Å². The molecule has 1 aliphatic rings. The van der Waals surface area contributed by atoms with E-state index >= 15 is 0 Å². The molecule has 2 amide bonds. The lowest BCUT2D eigenvalue weighted by atomic mass is 10.2. The topological polar surface area (TPSA) is 76.5 Å². The second-order valence-corrected chi connectivity index (χ2v) is 5.54. The van der Waals surface area contributed by atoms with Crippen molar-refractivity contribution in [3.8, 4) is 0 Å². The Bertz CT molecular complexity index is 515. The molecule has 0 radical (unpaired) electrons. The summed E-state index contributed by atoms with van der Waals surface area (Å²) in [6.45, 7) is 1.88. The molecular weight excluding hydrogens is 284 g/mol. The van der Waals surface area contributed by atoms with Gasteiger partial charge >= 0.3 is 0 Å². The van der Waals surface area contributed by atoms with Gasteiger partial charge in [-0.1, -0.05) is 0 Å². The minimum absolute atomic E-state index is 0.0325. The maximum Gasteiger partial charge on any atom is 0.222 e. The highest BCUT2D eigenvalue weighted by Gasteiger charge is 2.21. The van der Waals surface area contributed by atoms with Gasteiger partial charge in [0.2, 0.25) is 11.8 Å². The van der Waals surface area contributed by atoms with E-state index in [4.69, 9.17) is 4.74 Å². The average Bonchev–Trinajstić information content (AvgIpc) is 3.07. The Balaban J connectivity index is 1.78. The Hall–Kier alpha value is -1.89. The molecule has 122 valence electrons. The molecule has 0 aromatic carbocycles. The number of amides is 2. The van der Waals surface area contributed by atoms with E-state index < -0.39 is 0 Å². The van der Waals surface area contributed by atoms with Crippen LogP contribution in [0, 0.1) is 0 Å². The molecule has 0 aliphatic carbocycles. The van der Waals surface area contributed by atoms with Gasteiger partial charge in [-0.3, -0.25) is 14.3 Å². The van der Waals surface area contributed by atoms with Gasteiger partial charge in [0.25, 0.3) is 0 Å². The van der Waals surface area contributed by atoms with Crippen molar-refractivity contribution in [1.82, 2.24) is 20.0 Å². The maximum absolute atomic E-state index is 12.1. The first-order valence-corrected chi connectivity index (χ1v) is 7.65. The smallest absolute Gasteiger partial charge is 0.222 e. The molecule has 0 bridgehead atoms. The van der Waals surface area contributed by atoms with E-state index in [0.29, 0.717) is 32.4 Å². The van der Waals surface area contributed by atoms with E-state index in [1.807, 2.05) is 18.0 Å². The highest BCUT2D eigenvalue weighted by molar-refractivity contribution is 5.78. The van der Waals surface area contributed by atoms with Gasteiger partial charge in [0.15, 0.2) is 0 Å².